The molecule has 0 spiro atoms. The van der Waals surface area contributed by atoms with Crippen molar-refractivity contribution < 1.29 is 0 Å². The lowest BCUT2D eigenvalue weighted by molar-refractivity contribution is 0.768. The van der Waals surface area contributed by atoms with Crippen LogP contribution in [0, 0.1) is 0 Å². The molecular formula is C60H41N. The molecule has 0 N–H and O–H groups in total. The second-order valence-electron chi connectivity index (χ2n) is 16.3. The van der Waals surface area contributed by atoms with E-state index in [-0.39, 0.29) is 0 Å². The summed E-state index contributed by atoms with van der Waals surface area (Å²) in [6.45, 7) is 0. The molecule has 12 rings (SSSR count). The molecule has 0 unspecified atom stereocenters. The minimum atomic E-state index is -0.510. The second-order valence-corrected chi connectivity index (χ2v) is 16.3. The van der Waals surface area contributed by atoms with Crippen molar-refractivity contribution in [1.29, 1.82) is 0 Å². The molecule has 1 heteroatoms. The maximum Gasteiger partial charge on any atom is 0.0714 e. The quantitative estimate of drug-likeness (QED) is 0.156. The Balaban J connectivity index is 1.13. The zero-order valence-corrected chi connectivity index (χ0v) is 33.6. The lowest BCUT2D eigenvalue weighted by atomic mass is 9.67. The SMILES string of the molecule is c1ccc(C2(c3ccc(N(c4cccc5c4-c4ccccc4C5(c4ccccc4)c4ccccc4)c4cccc5ccccc45)cc3)c3ccccc3-c3ccccc32)cc1. The molecule has 61 heavy (non-hydrogen) atoms. The highest BCUT2D eigenvalue weighted by Gasteiger charge is 2.48. The van der Waals surface area contributed by atoms with Gasteiger partial charge in [0.1, 0.15) is 0 Å². The van der Waals surface area contributed by atoms with Gasteiger partial charge in [-0.25, -0.2) is 0 Å². The third-order valence-corrected chi connectivity index (χ3v) is 13.4. The summed E-state index contributed by atoms with van der Waals surface area (Å²) in [6, 6.07) is 92.2. The first-order valence-electron chi connectivity index (χ1n) is 21.3. The Morgan fingerprint density at radius 1 is 0.262 bits per heavy atom. The molecule has 0 bridgehead atoms. The van der Waals surface area contributed by atoms with Gasteiger partial charge >= 0.3 is 0 Å². The molecule has 0 aromatic heterocycles. The molecule has 0 fully saturated rings. The smallest absolute Gasteiger partial charge is 0.0714 e. The molecule has 286 valence electrons. The molecule has 0 saturated carbocycles. The van der Waals surface area contributed by atoms with Gasteiger partial charge in [0.05, 0.1) is 22.2 Å². The van der Waals surface area contributed by atoms with E-state index in [1.54, 1.807) is 0 Å². The summed E-state index contributed by atoms with van der Waals surface area (Å²) in [7, 11) is 0. The van der Waals surface area contributed by atoms with Crippen molar-refractivity contribution in [3.05, 3.63) is 293 Å². The van der Waals surface area contributed by atoms with Gasteiger partial charge in [0.15, 0.2) is 0 Å². The van der Waals surface area contributed by atoms with Crippen molar-refractivity contribution in [1.82, 2.24) is 0 Å². The highest BCUT2D eigenvalue weighted by Crippen LogP contribution is 2.60. The molecule has 10 aromatic carbocycles. The standard InChI is InChI=1S/C60H41N/c1-4-22-43(23-5-1)59(52-32-15-12-29-49(52)50-30-13-16-33-53(50)59)46-38-40-47(41-39-46)61(56-36-18-21-42-20-10-11-28-48(42)56)57-37-19-35-55-58(57)51-31-14-17-34-54(51)60(55,44-24-6-2-7-25-44)45-26-8-3-9-27-45/h1-41H. The number of rotatable bonds is 7. The van der Waals surface area contributed by atoms with Gasteiger partial charge in [-0.2, -0.15) is 0 Å². The van der Waals surface area contributed by atoms with Crippen LogP contribution in [0.5, 0.6) is 0 Å². The summed E-state index contributed by atoms with van der Waals surface area (Å²) in [5.74, 6) is 0. The van der Waals surface area contributed by atoms with Crippen LogP contribution in [0.3, 0.4) is 0 Å². The lowest BCUT2D eigenvalue weighted by Crippen LogP contribution is -2.28. The number of hydrogen-bond donors (Lipinski definition) is 0. The fourth-order valence-corrected chi connectivity index (χ4v) is 11.0. The zero-order chi connectivity index (χ0) is 40.4. The maximum atomic E-state index is 2.51. The molecule has 0 aliphatic heterocycles. The molecule has 0 heterocycles. The van der Waals surface area contributed by atoms with Crippen LogP contribution in [0.1, 0.15) is 44.5 Å². The number of hydrogen-bond acceptors (Lipinski definition) is 1. The Morgan fingerprint density at radius 3 is 1.25 bits per heavy atom. The molecule has 2 aliphatic rings. The molecule has 2 aliphatic carbocycles. The molecule has 1 nitrogen and oxygen atoms in total. The molecular weight excluding hydrogens is 735 g/mol. The lowest BCUT2D eigenvalue weighted by Gasteiger charge is -2.35. The Bertz CT molecular complexity index is 3150. The zero-order valence-electron chi connectivity index (χ0n) is 33.6. The summed E-state index contributed by atoms with van der Waals surface area (Å²) in [6.07, 6.45) is 0. The molecule has 0 radical (unpaired) electrons. The van der Waals surface area contributed by atoms with E-state index in [9.17, 15) is 0 Å². The maximum absolute atomic E-state index is 2.51. The minimum Gasteiger partial charge on any atom is -0.309 e. The summed E-state index contributed by atoms with van der Waals surface area (Å²) in [5.41, 5.74) is 17.7. The fraction of sp³-hybridized carbons (Fsp3) is 0.0333. The fourth-order valence-electron chi connectivity index (χ4n) is 11.0. The van der Waals surface area contributed by atoms with Crippen LogP contribution >= 0.6 is 0 Å². The minimum absolute atomic E-state index is 0.477. The monoisotopic (exact) mass is 775 g/mol. The van der Waals surface area contributed by atoms with Crippen molar-refractivity contribution in [3.8, 4) is 22.3 Å². The van der Waals surface area contributed by atoms with Crippen molar-refractivity contribution in [2.24, 2.45) is 0 Å². The predicted molar refractivity (Wildman–Crippen MR) is 253 cm³/mol. The number of benzene rings is 10. The number of fused-ring (bicyclic) bond motifs is 7. The average molecular weight is 776 g/mol. The van der Waals surface area contributed by atoms with Gasteiger partial charge < -0.3 is 4.90 Å². The van der Waals surface area contributed by atoms with Crippen LogP contribution < -0.4 is 4.90 Å². The highest BCUT2D eigenvalue weighted by molar-refractivity contribution is 6.03. The van der Waals surface area contributed by atoms with E-state index in [4.69, 9.17) is 0 Å². The van der Waals surface area contributed by atoms with Crippen molar-refractivity contribution in [2.45, 2.75) is 10.8 Å². The summed E-state index contributed by atoms with van der Waals surface area (Å²) in [5, 5.41) is 2.41. The van der Waals surface area contributed by atoms with Crippen LogP contribution in [-0.2, 0) is 10.8 Å². The van der Waals surface area contributed by atoms with Crippen LogP contribution in [-0.4, -0.2) is 0 Å². The van der Waals surface area contributed by atoms with Gasteiger partial charge in [-0.1, -0.05) is 224 Å². The van der Waals surface area contributed by atoms with E-state index in [0.29, 0.717) is 0 Å². The summed E-state index contributed by atoms with van der Waals surface area (Å²) >= 11 is 0. The average Bonchev–Trinajstić information content (AvgIpc) is 3.82. The Kier molecular flexibility index (Phi) is 8.05. The van der Waals surface area contributed by atoms with E-state index in [1.165, 1.54) is 77.5 Å². The predicted octanol–water partition coefficient (Wildman–Crippen LogP) is 15.0. The van der Waals surface area contributed by atoms with E-state index in [0.717, 1.165) is 17.1 Å². The topological polar surface area (TPSA) is 3.24 Å². The van der Waals surface area contributed by atoms with Gasteiger partial charge in [-0.3, -0.25) is 0 Å². The summed E-state index contributed by atoms with van der Waals surface area (Å²) < 4.78 is 0. The van der Waals surface area contributed by atoms with E-state index in [1.807, 2.05) is 0 Å². The number of nitrogens with zero attached hydrogens (tertiary/aromatic N) is 1. The van der Waals surface area contributed by atoms with Gasteiger partial charge in [0, 0.05) is 16.6 Å². The third-order valence-electron chi connectivity index (χ3n) is 13.4. The van der Waals surface area contributed by atoms with Gasteiger partial charge in [-0.15, -0.1) is 0 Å². The van der Waals surface area contributed by atoms with Crippen molar-refractivity contribution >= 4 is 27.8 Å². The highest BCUT2D eigenvalue weighted by atomic mass is 15.1. The third kappa shape index (κ3) is 5.01. The van der Waals surface area contributed by atoms with E-state index in [2.05, 4.69) is 254 Å². The first-order chi connectivity index (χ1) is 30.3. The van der Waals surface area contributed by atoms with Crippen LogP contribution in [0.4, 0.5) is 17.1 Å². The normalized spacial score (nSPS) is 13.8. The molecule has 0 saturated heterocycles. The molecule has 10 aromatic rings. The molecule has 0 atom stereocenters. The van der Waals surface area contributed by atoms with Crippen LogP contribution in [0.15, 0.2) is 249 Å². The van der Waals surface area contributed by atoms with Gasteiger partial charge in [0.25, 0.3) is 0 Å². The van der Waals surface area contributed by atoms with Crippen LogP contribution in [0.25, 0.3) is 33.0 Å². The Hall–Kier alpha value is -7.74. The Morgan fingerprint density at radius 2 is 0.656 bits per heavy atom. The van der Waals surface area contributed by atoms with Crippen LogP contribution in [0.2, 0.25) is 0 Å². The van der Waals surface area contributed by atoms with E-state index >= 15 is 0 Å². The van der Waals surface area contributed by atoms with Crippen molar-refractivity contribution in [3.63, 3.8) is 0 Å². The van der Waals surface area contributed by atoms with E-state index < -0.39 is 10.8 Å². The first kappa shape index (κ1) is 35.2. The molecule has 0 amide bonds. The van der Waals surface area contributed by atoms with Gasteiger partial charge in [-0.05, 0) is 90.8 Å². The number of anilines is 3. The second kappa shape index (κ2) is 13.9. The first-order valence-corrected chi connectivity index (χ1v) is 21.3. The Labute approximate surface area is 357 Å². The van der Waals surface area contributed by atoms with Crippen molar-refractivity contribution in [2.75, 3.05) is 4.90 Å². The summed E-state index contributed by atoms with van der Waals surface area (Å²) in [4.78, 5) is 2.51. The van der Waals surface area contributed by atoms with Gasteiger partial charge in [0.2, 0.25) is 0 Å². The largest absolute Gasteiger partial charge is 0.309 e.